The second-order valence-corrected chi connectivity index (χ2v) is 3.41. The number of anilines is 2. The van der Waals surface area contributed by atoms with Crippen LogP contribution in [0.3, 0.4) is 0 Å². The molecule has 0 spiro atoms. The maximum absolute atomic E-state index is 11.1. The monoisotopic (exact) mass is 237 g/mol. The van der Waals surface area contributed by atoms with Crippen molar-refractivity contribution in [2.45, 2.75) is 13.8 Å². The molecule has 6 heteroatoms. The topological polar surface area (TPSA) is 107 Å². The van der Waals surface area contributed by atoms with Crippen LogP contribution in [0, 0.1) is 0 Å². The summed E-state index contributed by atoms with van der Waals surface area (Å²) in [7, 11) is 0. The number of rotatable bonds is 4. The van der Waals surface area contributed by atoms with Gasteiger partial charge in [0.05, 0.1) is 17.9 Å². The van der Waals surface area contributed by atoms with Gasteiger partial charge >= 0.3 is 0 Å². The van der Waals surface area contributed by atoms with Crippen LogP contribution in [0.2, 0.25) is 0 Å². The molecule has 1 rings (SSSR count). The summed E-state index contributed by atoms with van der Waals surface area (Å²) in [6.07, 6.45) is 0. The molecule has 0 saturated heterocycles. The number of ether oxygens (including phenoxy) is 1. The molecule has 1 aromatic carbocycles. The second-order valence-electron chi connectivity index (χ2n) is 3.41. The molecular formula is C11H15N3O3. The highest BCUT2D eigenvalue weighted by Gasteiger charge is 2.13. The molecule has 0 saturated carbocycles. The van der Waals surface area contributed by atoms with Gasteiger partial charge in [-0.25, -0.2) is 0 Å². The van der Waals surface area contributed by atoms with E-state index in [0.29, 0.717) is 18.0 Å². The normalized spacial score (nSPS) is 9.76. The van der Waals surface area contributed by atoms with Crippen molar-refractivity contribution in [2.75, 3.05) is 17.7 Å². The van der Waals surface area contributed by atoms with E-state index in [2.05, 4.69) is 5.32 Å². The smallest absolute Gasteiger partial charge is 0.250 e. The maximum atomic E-state index is 11.1. The maximum Gasteiger partial charge on any atom is 0.250 e. The van der Waals surface area contributed by atoms with Gasteiger partial charge < -0.3 is 21.5 Å². The van der Waals surface area contributed by atoms with Crippen LogP contribution in [0.1, 0.15) is 24.2 Å². The van der Waals surface area contributed by atoms with Gasteiger partial charge in [-0.2, -0.15) is 0 Å². The molecule has 0 aromatic heterocycles. The van der Waals surface area contributed by atoms with Crippen LogP contribution in [0.15, 0.2) is 12.1 Å². The largest absolute Gasteiger partial charge is 0.492 e. The Morgan fingerprint density at radius 2 is 2.06 bits per heavy atom. The number of carbonyl (C=O) groups is 2. The van der Waals surface area contributed by atoms with E-state index in [-0.39, 0.29) is 17.2 Å². The first-order valence-corrected chi connectivity index (χ1v) is 5.09. The zero-order chi connectivity index (χ0) is 13.0. The van der Waals surface area contributed by atoms with Crippen molar-refractivity contribution in [3.8, 4) is 5.75 Å². The molecule has 5 N–H and O–H groups in total. The van der Waals surface area contributed by atoms with Crippen molar-refractivity contribution in [3.05, 3.63) is 17.7 Å². The summed E-state index contributed by atoms with van der Waals surface area (Å²) in [5, 5.41) is 2.55. The Kier molecular flexibility index (Phi) is 3.92. The third-order valence-electron chi connectivity index (χ3n) is 2.03. The van der Waals surface area contributed by atoms with Crippen molar-refractivity contribution in [1.82, 2.24) is 0 Å². The Morgan fingerprint density at radius 1 is 1.41 bits per heavy atom. The van der Waals surface area contributed by atoms with E-state index in [1.54, 1.807) is 6.92 Å². The fraction of sp³-hybridized carbons (Fsp3) is 0.273. The molecule has 2 amide bonds. The van der Waals surface area contributed by atoms with Gasteiger partial charge in [-0.05, 0) is 13.0 Å². The SMILES string of the molecule is CCOc1cc(N)c(C(N)=O)cc1NC(C)=O. The van der Waals surface area contributed by atoms with E-state index in [1.807, 2.05) is 0 Å². The molecular weight excluding hydrogens is 222 g/mol. The fourth-order valence-corrected chi connectivity index (χ4v) is 1.37. The lowest BCUT2D eigenvalue weighted by Gasteiger charge is -2.13. The number of amides is 2. The molecule has 0 atom stereocenters. The number of benzene rings is 1. The number of nitrogens with two attached hydrogens (primary N) is 2. The van der Waals surface area contributed by atoms with Crippen LogP contribution in [0.25, 0.3) is 0 Å². The number of hydrogen-bond donors (Lipinski definition) is 3. The molecule has 0 bridgehead atoms. The van der Waals surface area contributed by atoms with Gasteiger partial charge in [-0.15, -0.1) is 0 Å². The van der Waals surface area contributed by atoms with Crippen molar-refractivity contribution >= 4 is 23.2 Å². The highest BCUT2D eigenvalue weighted by Crippen LogP contribution is 2.30. The van der Waals surface area contributed by atoms with Crippen LogP contribution in [-0.4, -0.2) is 18.4 Å². The Balaban J connectivity index is 3.25. The third kappa shape index (κ3) is 3.10. The number of nitrogens with one attached hydrogen (secondary N) is 1. The number of hydrogen-bond acceptors (Lipinski definition) is 4. The fourth-order valence-electron chi connectivity index (χ4n) is 1.37. The Bertz CT molecular complexity index is 458. The van der Waals surface area contributed by atoms with E-state index in [4.69, 9.17) is 16.2 Å². The lowest BCUT2D eigenvalue weighted by atomic mass is 10.1. The molecule has 0 radical (unpaired) electrons. The van der Waals surface area contributed by atoms with Gasteiger partial charge in [0.25, 0.3) is 5.91 Å². The highest BCUT2D eigenvalue weighted by molar-refractivity contribution is 6.01. The summed E-state index contributed by atoms with van der Waals surface area (Å²) in [5.74, 6) is -0.520. The Hall–Kier alpha value is -2.24. The van der Waals surface area contributed by atoms with Crippen LogP contribution >= 0.6 is 0 Å². The predicted octanol–water partition coefficient (Wildman–Crippen LogP) is 0.725. The van der Waals surface area contributed by atoms with Crippen molar-refractivity contribution in [1.29, 1.82) is 0 Å². The molecule has 0 fully saturated rings. The number of primary amides is 1. The van der Waals surface area contributed by atoms with E-state index >= 15 is 0 Å². The second kappa shape index (κ2) is 5.20. The van der Waals surface area contributed by atoms with E-state index in [0.717, 1.165) is 0 Å². The first-order valence-electron chi connectivity index (χ1n) is 5.09. The molecule has 0 aliphatic heterocycles. The highest BCUT2D eigenvalue weighted by atomic mass is 16.5. The summed E-state index contributed by atoms with van der Waals surface area (Å²) in [4.78, 5) is 22.1. The Morgan fingerprint density at radius 3 is 2.53 bits per heavy atom. The van der Waals surface area contributed by atoms with Crippen molar-refractivity contribution in [3.63, 3.8) is 0 Å². The molecule has 0 aliphatic rings. The lowest BCUT2D eigenvalue weighted by molar-refractivity contribution is -0.114. The van der Waals surface area contributed by atoms with Gasteiger partial charge in [0, 0.05) is 18.7 Å². The summed E-state index contributed by atoms with van der Waals surface area (Å²) in [6, 6.07) is 2.87. The minimum atomic E-state index is -0.655. The summed E-state index contributed by atoms with van der Waals surface area (Å²) < 4.78 is 5.31. The number of nitrogen functional groups attached to an aromatic ring is 1. The molecule has 92 valence electrons. The lowest BCUT2D eigenvalue weighted by Crippen LogP contribution is -2.15. The minimum absolute atomic E-state index is 0.150. The van der Waals surface area contributed by atoms with Crippen LogP contribution < -0.4 is 21.5 Å². The molecule has 0 unspecified atom stereocenters. The standard InChI is InChI=1S/C11H15N3O3/c1-3-17-10-5-8(12)7(11(13)16)4-9(10)14-6(2)15/h4-5H,3,12H2,1-2H3,(H2,13,16)(H,14,15). The molecule has 17 heavy (non-hydrogen) atoms. The molecule has 0 heterocycles. The van der Waals surface area contributed by atoms with Gasteiger partial charge in [-0.1, -0.05) is 0 Å². The van der Waals surface area contributed by atoms with Gasteiger partial charge in [0.15, 0.2) is 0 Å². The molecule has 1 aromatic rings. The van der Waals surface area contributed by atoms with E-state index in [1.165, 1.54) is 19.1 Å². The third-order valence-corrected chi connectivity index (χ3v) is 2.03. The predicted molar refractivity (Wildman–Crippen MR) is 64.8 cm³/mol. The zero-order valence-corrected chi connectivity index (χ0v) is 9.74. The summed E-state index contributed by atoms with van der Waals surface area (Å²) in [6.45, 7) is 3.58. The Labute approximate surface area is 98.9 Å². The molecule has 6 nitrogen and oxygen atoms in total. The van der Waals surface area contributed by atoms with Crippen LogP contribution in [0.5, 0.6) is 5.75 Å². The van der Waals surface area contributed by atoms with Crippen LogP contribution in [0.4, 0.5) is 11.4 Å². The number of carbonyl (C=O) groups excluding carboxylic acids is 2. The summed E-state index contributed by atoms with van der Waals surface area (Å²) in [5.41, 5.74) is 11.6. The first kappa shape index (κ1) is 12.8. The average molecular weight is 237 g/mol. The minimum Gasteiger partial charge on any atom is -0.492 e. The average Bonchev–Trinajstić information content (AvgIpc) is 2.21. The summed E-state index contributed by atoms with van der Waals surface area (Å²) >= 11 is 0. The first-order chi connectivity index (χ1) is 7.95. The van der Waals surface area contributed by atoms with Crippen LogP contribution in [-0.2, 0) is 4.79 Å². The van der Waals surface area contributed by atoms with Gasteiger partial charge in [0.1, 0.15) is 5.75 Å². The van der Waals surface area contributed by atoms with E-state index in [9.17, 15) is 9.59 Å². The zero-order valence-electron chi connectivity index (χ0n) is 9.74. The van der Waals surface area contributed by atoms with Crippen molar-refractivity contribution < 1.29 is 14.3 Å². The molecule has 0 aliphatic carbocycles. The van der Waals surface area contributed by atoms with Crippen molar-refractivity contribution in [2.24, 2.45) is 5.73 Å². The van der Waals surface area contributed by atoms with E-state index < -0.39 is 5.91 Å². The quantitative estimate of drug-likeness (QED) is 0.670. The van der Waals surface area contributed by atoms with Gasteiger partial charge in [-0.3, -0.25) is 9.59 Å². The van der Waals surface area contributed by atoms with Gasteiger partial charge in [0.2, 0.25) is 5.91 Å².